The van der Waals surface area contributed by atoms with Crippen LogP contribution < -0.4 is 9.84 Å². The van der Waals surface area contributed by atoms with Crippen molar-refractivity contribution < 1.29 is 28.5 Å². The first-order valence-electron chi connectivity index (χ1n) is 12.9. The van der Waals surface area contributed by atoms with Crippen LogP contribution in [0.25, 0.3) is 0 Å². The Morgan fingerprint density at radius 3 is 2.84 bits per heavy atom. The van der Waals surface area contributed by atoms with Crippen LogP contribution in [0.3, 0.4) is 0 Å². The monoisotopic (exact) mass is 673 g/mol. The zero-order valence-electron chi connectivity index (χ0n) is 21.6. The minimum absolute atomic E-state index is 0.00771. The number of oxime groups is 1. The highest BCUT2D eigenvalue weighted by Crippen LogP contribution is 2.63. The molecule has 206 valence electrons. The summed E-state index contributed by atoms with van der Waals surface area (Å²) in [5, 5.41) is 8.07. The molecule has 3 N–H and O–H groups in total. The maximum Gasteiger partial charge on any atom is 0.524 e. The van der Waals surface area contributed by atoms with Crippen molar-refractivity contribution >= 4 is 58.5 Å². The highest BCUT2D eigenvalue weighted by Gasteiger charge is 2.57. The SMILES string of the molecule is CON=C1CC(CCC(=O)Nc2ncc(C)s2)C2C3CCc4cc(OP(=O)(O)O)c(I)cc4C3CCC12C. The van der Waals surface area contributed by atoms with Gasteiger partial charge in [-0.15, -0.1) is 11.3 Å². The molecule has 38 heavy (non-hydrogen) atoms. The third-order valence-electron chi connectivity index (χ3n) is 8.68. The van der Waals surface area contributed by atoms with Gasteiger partial charge in [0.15, 0.2) is 5.13 Å². The lowest BCUT2D eigenvalue weighted by Crippen LogP contribution is -2.44. The van der Waals surface area contributed by atoms with Crippen molar-refractivity contribution in [1.82, 2.24) is 4.98 Å². The van der Waals surface area contributed by atoms with Crippen LogP contribution in [0, 0.1) is 33.7 Å². The largest absolute Gasteiger partial charge is 0.524 e. The highest BCUT2D eigenvalue weighted by atomic mass is 127. The van der Waals surface area contributed by atoms with Crippen LogP contribution in [0.5, 0.6) is 5.75 Å². The molecule has 5 rings (SSSR count). The maximum atomic E-state index is 12.8. The first-order chi connectivity index (χ1) is 18.0. The number of nitrogens with zero attached hydrogens (tertiary/aromatic N) is 2. The van der Waals surface area contributed by atoms with E-state index in [2.05, 4.69) is 51.0 Å². The maximum absolute atomic E-state index is 12.8. The standard InChI is InChI=1S/C26H33IN3O6PS/c1-14-13-28-25(38-14)29-23(31)7-5-16-11-22(30-35-3)26(2)9-8-17-18(24(16)26)6-4-15-10-21(36-37(32,33)34)20(27)12-19(15)17/h10,12-13,16-18,24H,4-9,11H2,1-3H3,(H,28,29,31)(H2,32,33,34). The molecule has 12 heteroatoms. The van der Waals surface area contributed by atoms with Crippen LogP contribution in [0.4, 0.5) is 5.13 Å². The second-order valence-corrected chi connectivity index (χ2v) is 14.5. The van der Waals surface area contributed by atoms with Crippen molar-refractivity contribution in [2.45, 2.75) is 64.7 Å². The Balaban J connectivity index is 1.39. The number of fused-ring (bicyclic) bond motifs is 5. The molecule has 9 nitrogen and oxygen atoms in total. The molecular formula is C26H33IN3O6PS. The Labute approximate surface area is 240 Å². The predicted molar refractivity (Wildman–Crippen MR) is 154 cm³/mol. The van der Waals surface area contributed by atoms with Crippen LogP contribution in [0.1, 0.15) is 67.4 Å². The molecule has 0 saturated heterocycles. The number of carbonyl (C=O) groups is 1. The fraction of sp³-hybridized carbons (Fsp3) is 0.577. The van der Waals surface area contributed by atoms with Gasteiger partial charge in [-0.2, -0.15) is 0 Å². The number of hydrogen-bond donors (Lipinski definition) is 3. The van der Waals surface area contributed by atoms with Crippen molar-refractivity contribution in [3.05, 3.63) is 37.9 Å². The third kappa shape index (κ3) is 5.54. The Hall–Kier alpha value is -1.53. The fourth-order valence-corrected chi connectivity index (χ4v) is 9.14. The molecule has 1 aromatic carbocycles. The van der Waals surface area contributed by atoms with E-state index in [0.717, 1.165) is 54.7 Å². The number of aryl methyl sites for hydroxylation is 2. The number of hydrogen-bond acceptors (Lipinski definition) is 7. The van der Waals surface area contributed by atoms with Crippen LogP contribution in [0.15, 0.2) is 23.5 Å². The predicted octanol–water partition coefficient (Wildman–Crippen LogP) is 6.03. The molecule has 0 radical (unpaired) electrons. The number of halogens is 1. The zero-order valence-corrected chi connectivity index (χ0v) is 25.5. The van der Waals surface area contributed by atoms with Crippen LogP contribution in [-0.4, -0.2) is 33.5 Å². The smallest absolute Gasteiger partial charge is 0.403 e. The third-order valence-corrected chi connectivity index (χ3v) is 10.8. The minimum atomic E-state index is -4.63. The fourth-order valence-electron chi connectivity index (χ4n) is 7.28. The van der Waals surface area contributed by atoms with Gasteiger partial charge in [-0.25, -0.2) is 9.55 Å². The van der Waals surface area contributed by atoms with Crippen molar-refractivity contribution in [1.29, 1.82) is 0 Å². The van der Waals surface area contributed by atoms with E-state index in [4.69, 9.17) is 9.36 Å². The molecule has 0 bridgehead atoms. The average molecular weight is 674 g/mol. The summed E-state index contributed by atoms with van der Waals surface area (Å²) in [6.07, 6.45) is 7.62. The summed E-state index contributed by atoms with van der Waals surface area (Å²) in [4.78, 5) is 42.0. The number of aromatic nitrogens is 1. The van der Waals surface area contributed by atoms with Gasteiger partial charge < -0.3 is 14.7 Å². The second-order valence-electron chi connectivity index (χ2n) is 10.9. The van der Waals surface area contributed by atoms with Crippen LogP contribution >= 0.6 is 41.8 Å². The molecule has 5 unspecified atom stereocenters. The van der Waals surface area contributed by atoms with E-state index in [1.54, 1.807) is 13.3 Å². The first-order valence-corrected chi connectivity index (χ1v) is 16.3. The summed E-state index contributed by atoms with van der Waals surface area (Å²) in [6.45, 7) is 4.29. The molecule has 2 aromatic rings. The van der Waals surface area contributed by atoms with Crippen LogP contribution in [-0.2, 0) is 20.6 Å². The number of benzene rings is 1. The molecule has 1 heterocycles. The number of carbonyl (C=O) groups excluding carboxylic acids is 1. The zero-order chi connectivity index (χ0) is 27.2. The summed E-state index contributed by atoms with van der Waals surface area (Å²) in [7, 11) is -3.03. The number of thiazole rings is 1. The number of phosphoric acid groups is 1. The number of nitrogens with one attached hydrogen (secondary N) is 1. The summed E-state index contributed by atoms with van der Waals surface area (Å²) in [5.74, 6) is 1.72. The molecule has 5 atom stereocenters. The van der Waals surface area contributed by atoms with Gasteiger partial charge in [-0.1, -0.05) is 12.1 Å². The van der Waals surface area contributed by atoms with E-state index < -0.39 is 7.82 Å². The van der Waals surface area contributed by atoms with Crippen LogP contribution in [0.2, 0.25) is 0 Å². The molecule has 1 amide bonds. The van der Waals surface area contributed by atoms with E-state index in [0.29, 0.717) is 38.8 Å². The molecule has 2 saturated carbocycles. The van der Waals surface area contributed by atoms with Crippen molar-refractivity contribution in [3.8, 4) is 5.75 Å². The highest BCUT2D eigenvalue weighted by molar-refractivity contribution is 14.1. The quantitative estimate of drug-likeness (QED) is 0.186. The first kappa shape index (κ1) is 28.0. The lowest BCUT2D eigenvalue weighted by atomic mass is 9.54. The van der Waals surface area contributed by atoms with Gasteiger partial charge in [0.1, 0.15) is 12.9 Å². The molecule has 3 aliphatic carbocycles. The Morgan fingerprint density at radius 2 is 2.16 bits per heavy atom. The van der Waals surface area contributed by atoms with Gasteiger partial charge in [-0.3, -0.25) is 14.6 Å². The van der Waals surface area contributed by atoms with Crippen molar-refractivity contribution in [2.75, 3.05) is 12.4 Å². The topological polar surface area (TPSA) is 130 Å². The van der Waals surface area contributed by atoms with E-state index in [1.807, 2.05) is 13.0 Å². The average Bonchev–Trinajstić information content (AvgIpc) is 3.37. The van der Waals surface area contributed by atoms with Gasteiger partial charge in [-0.05, 0) is 115 Å². The second kappa shape index (κ2) is 10.8. The van der Waals surface area contributed by atoms with E-state index in [9.17, 15) is 19.1 Å². The molecule has 0 aliphatic heterocycles. The van der Waals surface area contributed by atoms with Crippen molar-refractivity contribution in [2.24, 2.45) is 28.3 Å². The van der Waals surface area contributed by atoms with Gasteiger partial charge >= 0.3 is 7.82 Å². The molecule has 3 aliphatic rings. The number of phosphoric ester groups is 1. The minimum Gasteiger partial charge on any atom is -0.403 e. The lowest BCUT2D eigenvalue weighted by Gasteiger charge is -2.50. The molecular weight excluding hydrogens is 640 g/mol. The summed E-state index contributed by atoms with van der Waals surface area (Å²) >= 11 is 3.58. The van der Waals surface area contributed by atoms with Gasteiger partial charge in [0.2, 0.25) is 5.91 Å². The van der Waals surface area contributed by atoms with Gasteiger partial charge in [0, 0.05) is 22.9 Å². The number of rotatable bonds is 7. The Kier molecular flexibility index (Phi) is 7.96. The number of anilines is 1. The molecule has 1 aromatic heterocycles. The van der Waals surface area contributed by atoms with E-state index >= 15 is 0 Å². The van der Waals surface area contributed by atoms with Gasteiger partial charge in [0.25, 0.3) is 0 Å². The Morgan fingerprint density at radius 1 is 1.37 bits per heavy atom. The summed E-state index contributed by atoms with van der Waals surface area (Å²) in [6, 6.07) is 3.87. The summed E-state index contributed by atoms with van der Waals surface area (Å²) < 4.78 is 17.1. The molecule has 2 fully saturated rings. The van der Waals surface area contributed by atoms with E-state index in [1.165, 1.54) is 16.9 Å². The van der Waals surface area contributed by atoms with Crippen molar-refractivity contribution in [3.63, 3.8) is 0 Å². The number of amides is 1. The Bertz CT molecular complexity index is 1310. The summed E-state index contributed by atoms with van der Waals surface area (Å²) in [5.41, 5.74) is 3.41. The lowest BCUT2D eigenvalue weighted by molar-refractivity contribution is -0.116. The van der Waals surface area contributed by atoms with Gasteiger partial charge in [0.05, 0.1) is 9.28 Å². The van der Waals surface area contributed by atoms with E-state index in [-0.39, 0.29) is 17.1 Å². The molecule has 0 spiro atoms. The normalized spacial score (nSPS) is 29.4.